The van der Waals surface area contributed by atoms with Crippen LogP contribution in [-0.2, 0) is 0 Å². The summed E-state index contributed by atoms with van der Waals surface area (Å²) in [6, 6.07) is 12.9. The summed E-state index contributed by atoms with van der Waals surface area (Å²) in [5.74, 6) is 0.764. The molecular weight excluding hydrogens is 292 g/mol. The van der Waals surface area contributed by atoms with E-state index < -0.39 is 0 Å². The number of ether oxygens (including phenoxy) is 2. The zero-order valence-corrected chi connectivity index (χ0v) is 13.7. The van der Waals surface area contributed by atoms with Crippen molar-refractivity contribution in [3.8, 4) is 11.5 Å². The minimum Gasteiger partial charge on any atom is -0.493 e. The molecule has 5 nitrogen and oxygen atoms in total. The van der Waals surface area contributed by atoms with Crippen molar-refractivity contribution in [2.24, 2.45) is 5.10 Å². The Kier molecular flexibility index (Phi) is 5.36. The van der Waals surface area contributed by atoms with Crippen LogP contribution in [0.2, 0.25) is 0 Å². The SMILES string of the molecule is COc1ccc(C(=O)N/N=C(\C)c2ccc(C)cc2)cc1OC. The lowest BCUT2D eigenvalue weighted by atomic mass is 10.1. The Bertz CT molecular complexity index is 722. The maximum atomic E-state index is 12.2. The van der Waals surface area contributed by atoms with Crippen molar-refractivity contribution in [2.45, 2.75) is 13.8 Å². The number of nitrogens with one attached hydrogen (secondary N) is 1. The van der Waals surface area contributed by atoms with Gasteiger partial charge in [0.1, 0.15) is 0 Å². The molecule has 0 spiro atoms. The summed E-state index contributed by atoms with van der Waals surface area (Å²) in [4.78, 5) is 12.2. The lowest BCUT2D eigenvalue weighted by Crippen LogP contribution is -2.19. The first kappa shape index (κ1) is 16.5. The van der Waals surface area contributed by atoms with E-state index in [1.807, 2.05) is 38.1 Å². The van der Waals surface area contributed by atoms with Crippen molar-refractivity contribution in [3.05, 3.63) is 59.2 Å². The standard InChI is InChI=1S/C18H20N2O3/c1-12-5-7-14(8-6-12)13(2)19-20-18(21)15-9-10-16(22-3)17(11-15)23-4/h5-11H,1-4H3,(H,20,21)/b19-13+. The van der Waals surface area contributed by atoms with E-state index in [2.05, 4.69) is 10.5 Å². The lowest BCUT2D eigenvalue weighted by Gasteiger charge is -2.09. The topological polar surface area (TPSA) is 59.9 Å². The van der Waals surface area contributed by atoms with Crippen molar-refractivity contribution >= 4 is 11.6 Å². The van der Waals surface area contributed by atoms with Crippen LogP contribution >= 0.6 is 0 Å². The number of nitrogens with zero attached hydrogens (tertiary/aromatic N) is 1. The van der Waals surface area contributed by atoms with Crippen LogP contribution in [0.1, 0.15) is 28.4 Å². The van der Waals surface area contributed by atoms with Crippen LogP contribution in [0.3, 0.4) is 0 Å². The minimum atomic E-state index is -0.308. The van der Waals surface area contributed by atoms with E-state index in [1.54, 1.807) is 25.3 Å². The van der Waals surface area contributed by atoms with Gasteiger partial charge in [0, 0.05) is 5.56 Å². The first-order valence-electron chi connectivity index (χ1n) is 7.19. The molecule has 0 bridgehead atoms. The van der Waals surface area contributed by atoms with Gasteiger partial charge in [-0.1, -0.05) is 29.8 Å². The van der Waals surface area contributed by atoms with Crippen LogP contribution in [-0.4, -0.2) is 25.8 Å². The van der Waals surface area contributed by atoms with Crippen LogP contribution in [0.4, 0.5) is 0 Å². The molecule has 23 heavy (non-hydrogen) atoms. The van der Waals surface area contributed by atoms with Gasteiger partial charge in [0.2, 0.25) is 0 Å². The van der Waals surface area contributed by atoms with E-state index in [0.717, 1.165) is 11.3 Å². The summed E-state index contributed by atoms with van der Waals surface area (Å²) in [7, 11) is 3.08. The fourth-order valence-electron chi connectivity index (χ4n) is 2.04. The average Bonchev–Trinajstić information content (AvgIpc) is 2.59. The molecule has 0 unspecified atom stereocenters. The third-order valence-electron chi connectivity index (χ3n) is 3.44. The van der Waals surface area contributed by atoms with Crippen molar-refractivity contribution in [1.82, 2.24) is 5.43 Å². The summed E-state index contributed by atoms with van der Waals surface area (Å²) in [6.45, 7) is 3.87. The summed E-state index contributed by atoms with van der Waals surface area (Å²) in [5, 5.41) is 4.14. The quantitative estimate of drug-likeness (QED) is 0.681. The number of carbonyl (C=O) groups excluding carboxylic acids is 1. The second-order valence-electron chi connectivity index (χ2n) is 5.07. The number of benzene rings is 2. The zero-order chi connectivity index (χ0) is 16.8. The van der Waals surface area contributed by atoms with Crippen molar-refractivity contribution in [3.63, 3.8) is 0 Å². The third-order valence-corrected chi connectivity index (χ3v) is 3.44. The Morgan fingerprint density at radius 1 is 0.957 bits per heavy atom. The van der Waals surface area contributed by atoms with E-state index in [0.29, 0.717) is 17.1 Å². The number of hydrazone groups is 1. The highest BCUT2D eigenvalue weighted by molar-refractivity contribution is 6.01. The van der Waals surface area contributed by atoms with Gasteiger partial charge in [-0.05, 0) is 37.6 Å². The zero-order valence-electron chi connectivity index (χ0n) is 13.7. The fraction of sp³-hybridized carbons (Fsp3) is 0.222. The highest BCUT2D eigenvalue weighted by atomic mass is 16.5. The first-order valence-corrected chi connectivity index (χ1v) is 7.19. The molecule has 5 heteroatoms. The van der Waals surface area contributed by atoms with E-state index in [4.69, 9.17) is 9.47 Å². The summed E-state index contributed by atoms with van der Waals surface area (Å²) in [6.07, 6.45) is 0. The van der Waals surface area contributed by atoms with E-state index >= 15 is 0 Å². The highest BCUT2D eigenvalue weighted by Gasteiger charge is 2.10. The normalized spacial score (nSPS) is 11.0. The predicted octanol–water partition coefficient (Wildman–Crippen LogP) is 3.17. The van der Waals surface area contributed by atoms with Gasteiger partial charge >= 0.3 is 0 Å². The number of hydrogen-bond donors (Lipinski definition) is 1. The Morgan fingerprint density at radius 3 is 2.17 bits per heavy atom. The second kappa shape index (κ2) is 7.45. The maximum Gasteiger partial charge on any atom is 0.271 e. The molecular formula is C18H20N2O3. The highest BCUT2D eigenvalue weighted by Crippen LogP contribution is 2.27. The molecule has 0 saturated carbocycles. The summed E-state index contributed by atoms with van der Waals surface area (Å²) in [5.41, 5.74) is 5.87. The minimum absolute atomic E-state index is 0.308. The van der Waals surface area contributed by atoms with Crippen molar-refractivity contribution in [1.29, 1.82) is 0 Å². The molecule has 0 saturated heterocycles. The van der Waals surface area contributed by atoms with E-state index in [1.165, 1.54) is 12.7 Å². The molecule has 0 atom stereocenters. The van der Waals surface area contributed by atoms with Gasteiger partial charge in [0.25, 0.3) is 5.91 Å². The molecule has 0 fully saturated rings. The molecule has 2 aromatic carbocycles. The molecule has 0 aliphatic rings. The Balaban J connectivity index is 2.12. The van der Waals surface area contributed by atoms with Crippen LogP contribution in [0.15, 0.2) is 47.6 Å². The van der Waals surface area contributed by atoms with Gasteiger partial charge in [-0.3, -0.25) is 4.79 Å². The predicted molar refractivity (Wildman–Crippen MR) is 90.4 cm³/mol. The molecule has 0 aliphatic heterocycles. The van der Waals surface area contributed by atoms with Crippen molar-refractivity contribution < 1.29 is 14.3 Å². The molecule has 2 rings (SSSR count). The lowest BCUT2D eigenvalue weighted by molar-refractivity contribution is 0.0954. The number of rotatable bonds is 5. The molecule has 0 radical (unpaired) electrons. The maximum absolute atomic E-state index is 12.2. The summed E-state index contributed by atoms with van der Waals surface area (Å²) < 4.78 is 10.3. The van der Waals surface area contributed by atoms with E-state index in [-0.39, 0.29) is 5.91 Å². The Morgan fingerprint density at radius 2 is 1.57 bits per heavy atom. The second-order valence-corrected chi connectivity index (χ2v) is 5.07. The van der Waals surface area contributed by atoms with Crippen LogP contribution in [0.25, 0.3) is 0 Å². The van der Waals surface area contributed by atoms with Crippen LogP contribution < -0.4 is 14.9 Å². The van der Waals surface area contributed by atoms with Gasteiger partial charge in [-0.15, -0.1) is 0 Å². The van der Waals surface area contributed by atoms with E-state index in [9.17, 15) is 4.79 Å². The third kappa shape index (κ3) is 4.10. The molecule has 1 N–H and O–H groups in total. The van der Waals surface area contributed by atoms with Gasteiger partial charge in [0.15, 0.2) is 11.5 Å². The average molecular weight is 312 g/mol. The molecule has 2 aromatic rings. The Hall–Kier alpha value is -2.82. The number of methoxy groups -OCH3 is 2. The molecule has 0 aliphatic carbocycles. The van der Waals surface area contributed by atoms with Gasteiger partial charge in [-0.2, -0.15) is 5.10 Å². The molecule has 120 valence electrons. The fourth-order valence-corrected chi connectivity index (χ4v) is 2.04. The van der Waals surface area contributed by atoms with Crippen LogP contribution in [0.5, 0.6) is 11.5 Å². The number of hydrogen-bond acceptors (Lipinski definition) is 4. The monoisotopic (exact) mass is 312 g/mol. The first-order chi connectivity index (χ1) is 11.0. The number of carbonyl (C=O) groups is 1. The van der Waals surface area contributed by atoms with Gasteiger partial charge < -0.3 is 9.47 Å². The van der Waals surface area contributed by atoms with Crippen molar-refractivity contribution in [2.75, 3.05) is 14.2 Å². The van der Waals surface area contributed by atoms with Crippen LogP contribution in [0, 0.1) is 6.92 Å². The molecule has 1 amide bonds. The number of amides is 1. The largest absolute Gasteiger partial charge is 0.493 e. The summed E-state index contributed by atoms with van der Waals surface area (Å²) >= 11 is 0. The Labute approximate surface area is 135 Å². The van der Waals surface area contributed by atoms with Gasteiger partial charge in [-0.25, -0.2) is 5.43 Å². The molecule has 0 aromatic heterocycles. The number of aryl methyl sites for hydroxylation is 1. The molecule has 0 heterocycles. The van der Waals surface area contributed by atoms with Gasteiger partial charge in [0.05, 0.1) is 19.9 Å². The smallest absolute Gasteiger partial charge is 0.271 e.